The number of aromatic amines is 1. The molecular formula is C10H19N3S. The number of imidazole rings is 1. The molecule has 1 aromatic rings. The van der Waals surface area contributed by atoms with Crippen LogP contribution in [0.15, 0.2) is 6.33 Å². The SMILES string of the molecule is CSC(C)CCNCc1nc[nH]c1C. The van der Waals surface area contributed by atoms with Gasteiger partial charge in [0.2, 0.25) is 0 Å². The van der Waals surface area contributed by atoms with Gasteiger partial charge in [-0.25, -0.2) is 4.98 Å². The van der Waals surface area contributed by atoms with E-state index < -0.39 is 0 Å². The first kappa shape index (κ1) is 11.6. The van der Waals surface area contributed by atoms with Gasteiger partial charge >= 0.3 is 0 Å². The highest BCUT2D eigenvalue weighted by molar-refractivity contribution is 7.99. The van der Waals surface area contributed by atoms with Crippen LogP contribution in [0.25, 0.3) is 0 Å². The van der Waals surface area contributed by atoms with Crippen LogP contribution in [0.5, 0.6) is 0 Å². The summed E-state index contributed by atoms with van der Waals surface area (Å²) < 4.78 is 0. The lowest BCUT2D eigenvalue weighted by atomic mass is 10.3. The number of hydrogen-bond donors (Lipinski definition) is 2. The number of nitrogens with one attached hydrogen (secondary N) is 2. The van der Waals surface area contributed by atoms with Crippen LogP contribution < -0.4 is 5.32 Å². The number of hydrogen-bond acceptors (Lipinski definition) is 3. The third-order valence-electron chi connectivity index (χ3n) is 2.36. The number of H-pyrrole nitrogens is 1. The van der Waals surface area contributed by atoms with Crippen molar-refractivity contribution in [2.45, 2.75) is 32.1 Å². The average Bonchev–Trinajstić information content (AvgIpc) is 2.58. The second-order valence-corrected chi connectivity index (χ2v) is 4.76. The summed E-state index contributed by atoms with van der Waals surface area (Å²) in [7, 11) is 0. The molecule has 0 bridgehead atoms. The van der Waals surface area contributed by atoms with E-state index in [1.165, 1.54) is 6.42 Å². The van der Waals surface area contributed by atoms with Crippen LogP contribution in [-0.2, 0) is 6.54 Å². The predicted octanol–water partition coefficient (Wildman–Crippen LogP) is 1.95. The molecule has 0 aliphatic rings. The highest BCUT2D eigenvalue weighted by atomic mass is 32.2. The average molecular weight is 213 g/mol. The molecule has 0 aromatic carbocycles. The quantitative estimate of drug-likeness (QED) is 0.710. The van der Waals surface area contributed by atoms with Crippen molar-refractivity contribution < 1.29 is 0 Å². The van der Waals surface area contributed by atoms with Gasteiger partial charge in [-0.1, -0.05) is 6.92 Å². The van der Waals surface area contributed by atoms with Gasteiger partial charge in [-0.2, -0.15) is 11.8 Å². The molecule has 1 aromatic heterocycles. The second kappa shape index (κ2) is 6.09. The van der Waals surface area contributed by atoms with Crippen LogP contribution in [0.3, 0.4) is 0 Å². The summed E-state index contributed by atoms with van der Waals surface area (Å²) in [6.45, 7) is 6.24. The monoisotopic (exact) mass is 213 g/mol. The Morgan fingerprint density at radius 3 is 3.00 bits per heavy atom. The van der Waals surface area contributed by atoms with Gasteiger partial charge in [0.05, 0.1) is 12.0 Å². The summed E-state index contributed by atoms with van der Waals surface area (Å²) in [5, 5.41) is 4.14. The van der Waals surface area contributed by atoms with Crippen molar-refractivity contribution in [1.29, 1.82) is 0 Å². The minimum Gasteiger partial charge on any atom is -0.348 e. The number of aromatic nitrogens is 2. The van der Waals surface area contributed by atoms with E-state index in [2.05, 4.69) is 35.4 Å². The van der Waals surface area contributed by atoms with Gasteiger partial charge in [0.1, 0.15) is 0 Å². The van der Waals surface area contributed by atoms with Gasteiger partial charge in [0, 0.05) is 17.5 Å². The standard InChI is InChI=1S/C10H19N3S/c1-8(14-3)4-5-11-6-10-9(2)12-7-13-10/h7-8,11H,4-6H2,1-3H3,(H,12,13). The fourth-order valence-corrected chi connectivity index (χ4v) is 1.55. The van der Waals surface area contributed by atoms with Gasteiger partial charge in [0.25, 0.3) is 0 Å². The largest absolute Gasteiger partial charge is 0.348 e. The summed E-state index contributed by atoms with van der Waals surface area (Å²) in [6.07, 6.45) is 5.12. The third kappa shape index (κ3) is 3.72. The van der Waals surface area contributed by atoms with Gasteiger partial charge in [-0.05, 0) is 26.1 Å². The molecule has 1 rings (SSSR count). The van der Waals surface area contributed by atoms with Crippen molar-refractivity contribution in [3.05, 3.63) is 17.7 Å². The molecule has 0 amide bonds. The molecule has 1 heterocycles. The Hall–Kier alpha value is -0.480. The molecule has 0 aliphatic carbocycles. The maximum absolute atomic E-state index is 4.23. The first-order valence-corrected chi connectivity index (χ1v) is 6.25. The van der Waals surface area contributed by atoms with E-state index in [1.807, 2.05) is 11.8 Å². The van der Waals surface area contributed by atoms with E-state index >= 15 is 0 Å². The molecule has 3 nitrogen and oxygen atoms in total. The minimum absolute atomic E-state index is 0.739. The maximum Gasteiger partial charge on any atom is 0.0925 e. The van der Waals surface area contributed by atoms with Crippen molar-refractivity contribution in [2.24, 2.45) is 0 Å². The predicted molar refractivity (Wildman–Crippen MR) is 62.6 cm³/mol. The zero-order chi connectivity index (χ0) is 10.4. The van der Waals surface area contributed by atoms with Crippen molar-refractivity contribution in [1.82, 2.24) is 15.3 Å². The molecule has 0 spiro atoms. The first-order chi connectivity index (χ1) is 6.74. The van der Waals surface area contributed by atoms with Crippen LogP contribution >= 0.6 is 11.8 Å². The summed E-state index contributed by atoms with van der Waals surface area (Å²) in [4.78, 5) is 7.30. The van der Waals surface area contributed by atoms with Crippen molar-refractivity contribution in [3.63, 3.8) is 0 Å². The molecule has 80 valence electrons. The Bertz CT molecular complexity index is 260. The Morgan fingerprint density at radius 2 is 2.43 bits per heavy atom. The summed E-state index contributed by atoms with van der Waals surface area (Å²) >= 11 is 1.91. The van der Waals surface area contributed by atoms with Crippen molar-refractivity contribution in [3.8, 4) is 0 Å². The topological polar surface area (TPSA) is 40.7 Å². The number of thioether (sulfide) groups is 1. The fourth-order valence-electron chi connectivity index (χ4n) is 1.20. The van der Waals surface area contributed by atoms with Crippen molar-refractivity contribution >= 4 is 11.8 Å². The second-order valence-electron chi connectivity index (χ2n) is 3.49. The molecule has 1 atom stereocenters. The summed E-state index contributed by atoms with van der Waals surface area (Å²) in [6, 6.07) is 0. The minimum atomic E-state index is 0.739. The molecule has 0 saturated heterocycles. The Kier molecular flexibility index (Phi) is 5.04. The lowest BCUT2D eigenvalue weighted by Crippen LogP contribution is -2.18. The molecule has 0 radical (unpaired) electrons. The number of nitrogens with zero attached hydrogens (tertiary/aromatic N) is 1. The molecule has 14 heavy (non-hydrogen) atoms. The maximum atomic E-state index is 4.23. The molecule has 0 fully saturated rings. The van der Waals surface area contributed by atoms with E-state index in [-0.39, 0.29) is 0 Å². The van der Waals surface area contributed by atoms with Gasteiger partial charge < -0.3 is 10.3 Å². The van der Waals surface area contributed by atoms with Crippen LogP contribution in [0.4, 0.5) is 0 Å². The summed E-state index contributed by atoms with van der Waals surface area (Å²) in [5.41, 5.74) is 2.29. The molecule has 2 N–H and O–H groups in total. The first-order valence-electron chi connectivity index (χ1n) is 4.96. The molecule has 1 unspecified atom stereocenters. The zero-order valence-corrected chi connectivity index (χ0v) is 9.95. The lowest BCUT2D eigenvalue weighted by Gasteiger charge is -2.08. The molecule has 0 saturated carbocycles. The van der Waals surface area contributed by atoms with Crippen molar-refractivity contribution in [2.75, 3.05) is 12.8 Å². The number of rotatable bonds is 6. The van der Waals surface area contributed by atoms with E-state index in [0.29, 0.717) is 0 Å². The molecule has 0 aliphatic heterocycles. The van der Waals surface area contributed by atoms with Crippen LogP contribution in [0.1, 0.15) is 24.7 Å². The lowest BCUT2D eigenvalue weighted by molar-refractivity contribution is 0.639. The third-order valence-corrected chi connectivity index (χ3v) is 3.40. The van der Waals surface area contributed by atoms with E-state index in [4.69, 9.17) is 0 Å². The fraction of sp³-hybridized carbons (Fsp3) is 0.700. The number of aryl methyl sites for hydroxylation is 1. The normalized spacial score (nSPS) is 13.1. The molecule has 4 heteroatoms. The Balaban J connectivity index is 2.13. The highest BCUT2D eigenvalue weighted by Gasteiger charge is 2.01. The van der Waals surface area contributed by atoms with Gasteiger partial charge in [-0.15, -0.1) is 0 Å². The molecular weight excluding hydrogens is 194 g/mol. The van der Waals surface area contributed by atoms with Gasteiger partial charge in [-0.3, -0.25) is 0 Å². The van der Waals surface area contributed by atoms with Crippen LogP contribution in [0, 0.1) is 6.92 Å². The van der Waals surface area contributed by atoms with Crippen LogP contribution in [0.2, 0.25) is 0 Å². The van der Waals surface area contributed by atoms with E-state index in [1.54, 1.807) is 6.33 Å². The summed E-state index contributed by atoms with van der Waals surface area (Å²) in [5.74, 6) is 0. The van der Waals surface area contributed by atoms with Gasteiger partial charge in [0.15, 0.2) is 0 Å². The van der Waals surface area contributed by atoms with E-state index in [0.717, 1.165) is 29.7 Å². The highest BCUT2D eigenvalue weighted by Crippen LogP contribution is 2.08. The Labute approximate surface area is 90.1 Å². The van der Waals surface area contributed by atoms with Crippen LogP contribution in [-0.4, -0.2) is 28.0 Å². The zero-order valence-electron chi connectivity index (χ0n) is 9.13. The van der Waals surface area contributed by atoms with E-state index in [9.17, 15) is 0 Å². The smallest absolute Gasteiger partial charge is 0.0925 e. The Morgan fingerprint density at radius 1 is 1.64 bits per heavy atom.